The van der Waals surface area contributed by atoms with E-state index in [9.17, 15) is 8.78 Å². The van der Waals surface area contributed by atoms with E-state index in [1.807, 2.05) is 0 Å². The lowest BCUT2D eigenvalue weighted by atomic mass is 9.98. The predicted octanol–water partition coefficient (Wildman–Crippen LogP) is 2.13. The van der Waals surface area contributed by atoms with E-state index < -0.39 is 11.6 Å². The van der Waals surface area contributed by atoms with E-state index >= 15 is 0 Å². The Morgan fingerprint density at radius 3 is 2.81 bits per heavy atom. The fourth-order valence-electron chi connectivity index (χ4n) is 3.51. The number of rotatable bonds is 3. The van der Waals surface area contributed by atoms with Crippen LogP contribution in [0.5, 0.6) is 0 Å². The van der Waals surface area contributed by atoms with Crippen LogP contribution in [0.15, 0.2) is 18.2 Å². The molecular formula is C16H23F2N3. The van der Waals surface area contributed by atoms with Crippen molar-refractivity contribution < 1.29 is 8.78 Å². The summed E-state index contributed by atoms with van der Waals surface area (Å²) in [6.07, 6.45) is 3.88. The van der Waals surface area contributed by atoms with E-state index in [1.165, 1.54) is 31.9 Å². The Morgan fingerprint density at radius 1 is 1.14 bits per heavy atom. The Bertz CT molecular complexity index is 494. The molecule has 0 amide bonds. The SMILES string of the molecule is NC(CN1CCN2CCCCC2C1)c1ccc(F)c(F)c1. The average molecular weight is 295 g/mol. The van der Waals surface area contributed by atoms with Crippen LogP contribution in [0.2, 0.25) is 0 Å². The van der Waals surface area contributed by atoms with Crippen molar-refractivity contribution in [1.82, 2.24) is 9.80 Å². The van der Waals surface area contributed by atoms with Crippen molar-refractivity contribution in [3.8, 4) is 0 Å². The minimum atomic E-state index is -0.819. The van der Waals surface area contributed by atoms with Crippen molar-refractivity contribution in [2.75, 3.05) is 32.7 Å². The van der Waals surface area contributed by atoms with Crippen LogP contribution in [0.4, 0.5) is 8.78 Å². The second-order valence-electron chi connectivity index (χ2n) is 6.23. The molecule has 2 aliphatic rings. The maximum absolute atomic E-state index is 13.3. The van der Waals surface area contributed by atoms with Crippen molar-refractivity contribution in [3.05, 3.63) is 35.4 Å². The summed E-state index contributed by atoms with van der Waals surface area (Å²) < 4.78 is 26.3. The third-order valence-electron chi connectivity index (χ3n) is 4.75. The van der Waals surface area contributed by atoms with E-state index in [-0.39, 0.29) is 6.04 Å². The molecule has 0 spiro atoms. The Kier molecular flexibility index (Phi) is 4.52. The molecule has 2 saturated heterocycles. The van der Waals surface area contributed by atoms with Gasteiger partial charge in [0.25, 0.3) is 0 Å². The summed E-state index contributed by atoms with van der Waals surface area (Å²) in [5.74, 6) is -1.64. The number of benzene rings is 1. The standard InChI is InChI=1S/C16H23F2N3/c17-14-5-4-12(9-15(14)18)16(19)11-20-7-8-21-6-2-1-3-13(21)10-20/h4-5,9,13,16H,1-3,6-8,10-11,19H2. The van der Waals surface area contributed by atoms with Gasteiger partial charge in [-0.3, -0.25) is 9.80 Å². The molecule has 2 fully saturated rings. The first-order valence-electron chi connectivity index (χ1n) is 7.80. The number of piperazine rings is 1. The zero-order valence-corrected chi connectivity index (χ0v) is 12.3. The molecule has 2 N–H and O–H groups in total. The van der Waals surface area contributed by atoms with Gasteiger partial charge in [-0.15, -0.1) is 0 Å². The number of nitrogens with two attached hydrogens (primary N) is 1. The zero-order valence-electron chi connectivity index (χ0n) is 12.3. The minimum Gasteiger partial charge on any atom is -0.323 e. The molecule has 3 nitrogen and oxygen atoms in total. The highest BCUT2D eigenvalue weighted by molar-refractivity contribution is 5.21. The van der Waals surface area contributed by atoms with Crippen LogP contribution in [0.1, 0.15) is 30.9 Å². The second kappa shape index (κ2) is 6.38. The molecular weight excluding hydrogens is 272 g/mol. The molecule has 2 aliphatic heterocycles. The van der Waals surface area contributed by atoms with Crippen LogP contribution < -0.4 is 5.73 Å². The molecule has 3 rings (SSSR count). The number of hydrogen-bond donors (Lipinski definition) is 1. The largest absolute Gasteiger partial charge is 0.323 e. The molecule has 2 unspecified atom stereocenters. The van der Waals surface area contributed by atoms with Gasteiger partial charge in [-0.05, 0) is 37.1 Å². The predicted molar refractivity (Wildman–Crippen MR) is 78.9 cm³/mol. The number of halogens is 2. The molecule has 2 atom stereocenters. The lowest BCUT2D eigenvalue weighted by molar-refractivity contribution is 0.0466. The topological polar surface area (TPSA) is 32.5 Å². The molecule has 1 aromatic rings. The van der Waals surface area contributed by atoms with Crippen molar-refractivity contribution in [3.63, 3.8) is 0 Å². The average Bonchev–Trinajstić information content (AvgIpc) is 2.50. The molecule has 1 aromatic carbocycles. The van der Waals surface area contributed by atoms with Crippen molar-refractivity contribution in [2.24, 2.45) is 5.73 Å². The highest BCUT2D eigenvalue weighted by Gasteiger charge is 2.29. The number of nitrogens with zero attached hydrogens (tertiary/aromatic N) is 2. The molecule has 116 valence electrons. The van der Waals surface area contributed by atoms with E-state index in [0.29, 0.717) is 18.2 Å². The van der Waals surface area contributed by atoms with Gasteiger partial charge in [-0.2, -0.15) is 0 Å². The summed E-state index contributed by atoms with van der Waals surface area (Å²) in [5.41, 5.74) is 6.84. The number of hydrogen-bond acceptors (Lipinski definition) is 3. The van der Waals surface area contributed by atoms with Crippen LogP contribution >= 0.6 is 0 Å². The normalized spacial score (nSPS) is 25.6. The highest BCUT2D eigenvalue weighted by atomic mass is 19.2. The molecule has 21 heavy (non-hydrogen) atoms. The van der Waals surface area contributed by atoms with Gasteiger partial charge in [0, 0.05) is 38.3 Å². The summed E-state index contributed by atoms with van der Waals surface area (Å²) in [5, 5.41) is 0. The first-order chi connectivity index (χ1) is 10.1. The molecule has 2 heterocycles. The van der Waals surface area contributed by atoms with Gasteiger partial charge in [0.05, 0.1) is 0 Å². The highest BCUT2D eigenvalue weighted by Crippen LogP contribution is 2.23. The summed E-state index contributed by atoms with van der Waals surface area (Å²) in [6, 6.07) is 4.33. The van der Waals surface area contributed by atoms with Crippen molar-refractivity contribution in [2.45, 2.75) is 31.3 Å². The van der Waals surface area contributed by atoms with Crippen LogP contribution in [0.25, 0.3) is 0 Å². The van der Waals surface area contributed by atoms with E-state index in [2.05, 4.69) is 9.80 Å². The number of piperidine rings is 1. The van der Waals surface area contributed by atoms with Gasteiger partial charge in [0.2, 0.25) is 0 Å². The molecule has 0 radical (unpaired) electrons. The first kappa shape index (κ1) is 14.9. The van der Waals surface area contributed by atoms with Crippen molar-refractivity contribution in [1.29, 1.82) is 0 Å². The summed E-state index contributed by atoms with van der Waals surface area (Å²) in [6.45, 7) is 5.06. The Morgan fingerprint density at radius 2 is 2.00 bits per heavy atom. The van der Waals surface area contributed by atoms with Gasteiger partial charge >= 0.3 is 0 Å². The van der Waals surface area contributed by atoms with Crippen LogP contribution in [-0.2, 0) is 0 Å². The van der Waals surface area contributed by atoms with Crippen LogP contribution in [-0.4, -0.2) is 48.6 Å². The summed E-state index contributed by atoms with van der Waals surface area (Å²) in [7, 11) is 0. The van der Waals surface area contributed by atoms with Crippen LogP contribution in [0, 0.1) is 11.6 Å². The second-order valence-corrected chi connectivity index (χ2v) is 6.23. The summed E-state index contributed by atoms with van der Waals surface area (Å²) >= 11 is 0. The lowest BCUT2D eigenvalue weighted by Gasteiger charge is -2.44. The first-order valence-corrected chi connectivity index (χ1v) is 7.80. The monoisotopic (exact) mass is 295 g/mol. The Balaban J connectivity index is 1.59. The number of fused-ring (bicyclic) bond motifs is 1. The van der Waals surface area contributed by atoms with Gasteiger partial charge in [0.1, 0.15) is 0 Å². The van der Waals surface area contributed by atoms with Crippen LogP contribution in [0.3, 0.4) is 0 Å². The molecule has 5 heteroatoms. The summed E-state index contributed by atoms with van der Waals surface area (Å²) in [4.78, 5) is 4.93. The fourth-order valence-corrected chi connectivity index (χ4v) is 3.51. The lowest BCUT2D eigenvalue weighted by Crippen LogP contribution is -2.55. The van der Waals surface area contributed by atoms with E-state index in [4.69, 9.17) is 5.73 Å². The maximum atomic E-state index is 13.3. The molecule has 0 bridgehead atoms. The van der Waals surface area contributed by atoms with Gasteiger partial charge in [-0.25, -0.2) is 8.78 Å². The quantitative estimate of drug-likeness (QED) is 0.927. The Hall–Kier alpha value is -1.04. The van der Waals surface area contributed by atoms with E-state index in [0.717, 1.165) is 25.7 Å². The van der Waals surface area contributed by atoms with Crippen molar-refractivity contribution >= 4 is 0 Å². The van der Waals surface area contributed by atoms with Gasteiger partial charge < -0.3 is 5.73 Å². The third kappa shape index (κ3) is 3.42. The minimum absolute atomic E-state index is 0.268. The smallest absolute Gasteiger partial charge is 0.159 e. The van der Waals surface area contributed by atoms with E-state index in [1.54, 1.807) is 6.07 Å². The molecule has 0 aromatic heterocycles. The molecule has 0 aliphatic carbocycles. The molecule has 0 saturated carbocycles. The van der Waals surface area contributed by atoms with Gasteiger partial charge in [0.15, 0.2) is 11.6 Å². The third-order valence-corrected chi connectivity index (χ3v) is 4.75. The Labute approximate surface area is 124 Å². The maximum Gasteiger partial charge on any atom is 0.159 e. The fraction of sp³-hybridized carbons (Fsp3) is 0.625. The zero-order chi connectivity index (χ0) is 14.8. The van der Waals surface area contributed by atoms with Gasteiger partial charge in [-0.1, -0.05) is 12.5 Å².